The molecule has 0 fully saturated rings. The van der Waals surface area contributed by atoms with Gasteiger partial charge in [0.1, 0.15) is 0 Å². The Hall–Kier alpha value is 0.0100. The quantitative estimate of drug-likeness (QED) is 0.352. The Labute approximate surface area is 48.9 Å². The van der Waals surface area contributed by atoms with Crippen molar-refractivity contribution in [2.24, 2.45) is 5.90 Å². The molecule has 0 aromatic carbocycles. The topological polar surface area (TPSA) is 64.4 Å². The Kier molecular flexibility index (Phi) is 5.16. The van der Waals surface area contributed by atoms with Crippen LogP contribution < -0.4 is 5.90 Å². The van der Waals surface area contributed by atoms with E-state index in [0.717, 1.165) is 0 Å². The van der Waals surface area contributed by atoms with Crippen LogP contribution in [0.5, 0.6) is 0 Å². The van der Waals surface area contributed by atoms with Gasteiger partial charge in [-0.15, -0.1) is 11.5 Å². The first-order valence-corrected chi connectivity index (χ1v) is 2.98. The maximum Gasteiger partial charge on any atom is 0.381 e. The van der Waals surface area contributed by atoms with E-state index in [1.165, 1.54) is 6.08 Å². The Morgan fingerprint density at radius 3 is 2.88 bits per heavy atom. The monoisotopic (exact) mass is 136 g/mol. The number of nitrogens with two attached hydrogens (primary N) is 1. The predicted molar refractivity (Wildman–Crippen MR) is 29.0 cm³/mol. The van der Waals surface area contributed by atoms with Crippen LogP contribution in [0.25, 0.3) is 0 Å². The van der Waals surface area contributed by atoms with Crippen molar-refractivity contribution in [2.45, 2.75) is 0 Å². The molecule has 0 spiro atoms. The average Bonchev–Trinajstić information content (AvgIpc) is 1.83. The van der Waals surface area contributed by atoms with Crippen molar-refractivity contribution < 1.29 is 14.0 Å². The molecule has 0 amide bonds. The third kappa shape index (κ3) is 4.18. The van der Waals surface area contributed by atoms with Gasteiger partial charge in [-0.2, -0.15) is 0 Å². The minimum Gasteiger partial charge on any atom is -0.305 e. The molecule has 2 N–H and O–H groups in total. The summed E-state index contributed by atoms with van der Waals surface area (Å²) in [6.07, 6.45) is 1.45. The normalized spacial score (nSPS) is 13.2. The first-order valence-electron chi connectivity index (χ1n) is 1.89. The molecule has 1 unspecified atom stereocenters. The summed E-state index contributed by atoms with van der Waals surface area (Å²) in [6.45, 7) is 3.50. The zero-order chi connectivity index (χ0) is 6.41. The van der Waals surface area contributed by atoms with E-state index in [-0.39, 0.29) is 6.61 Å². The smallest absolute Gasteiger partial charge is 0.305 e. The van der Waals surface area contributed by atoms with Gasteiger partial charge in [-0.05, 0) is 0 Å². The standard InChI is InChI=1S/C3H7NO3P/c1-2-3-6-8(5)7-4/h2H,1,3-4H2. The van der Waals surface area contributed by atoms with E-state index >= 15 is 0 Å². The second-order valence-electron chi connectivity index (χ2n) is 0.913. The molecule has 1 radical (unpaired) electrons. The lowest BCUT2D eigenvalue weighted by Gasteiger charge is -1.99. The second kappa shape index (κ2) is 5.15. The molecule has 0 saturated carbocycles. The summed E-state index contributed by atoms with van der Waals surface area (Å²) in [4.78, 5) is 10.1. The van der Waals surface area contributed by atoms with Crippen molar-refractivity contribution in [1.82, 2.24) is 0 Å². The van der Waals surface area contributed by atoms with E-state index in [1.807, 2.05) is 0 Å². The Bertz CT molecular complexity index is 69.5. The minimum absolute atomic E-state index is 0.187. The summed E-state index contributed by atoms with van der Waals surface area (Å²) in [5.41, 5.74) is 0. The predicted octanol–water partition coefficient (Wildman–Crippen LogP) is 0.737. The Morgan fingerprint density at radius 2 is 2.50 bits per heavy atom. The summed E-state index contributed by atoms with van der Waals surface area (Å²) in [7, 11) is -2.13. The SMILES string of the molecule is C=CCOP([O])ON. The maximum absolute atomic E-state index is 10.1. The van der Waals surface area contributed by atoms with Gasteiger partial charge in [0.15, 0.2) is 0 Å². The zero-order valence-corrected chi connectivity index (χ0v) is 5.14. The molecular weight excluding hydrogens is 129 g/mol. The molecule has 0 aliphatic heterocycles. The zero-order valence-electron chi connectivity index (χ0n) is 4.24. The van der Waals surface area contributed by atoms with Crippen LogP contribution in [-0.2, 0) is 14.0 Å². The highest BCUT2D eigenvalue weighted by Gasteiger charge is 2.02. The van der Waals surface area contributed by atoms with Gasteiger partial charge in [-0.25, -0.2) is 10.5 Å². The molecule has 1 atom stereocenters. The van der Waals surface area contributed by atoms with Crippen LogP contribution in [0.4, 0.5) is 0 Å². The number of rotatable bonds is 4. The van der Waals surface area contributed by atoms with Crippen LogP contribution in [0.3, 0.4) is 0 Å². The molecule has 8 heavy (non-hydrogen) atoms. The molecule has 0 aromatic heterocycles. The molecule has 4 nitrogen and oxygen atoms in total. The molecule has 0 aliphatic rings. The van der Waals surface area contributed by atoms with Crippen molar-refractivity contribution >= 4 is 8.60 Å². The highest BCUT2D eigenvalue weighted by atomic mass is 31.2. The van der Waals surface area contributed by atoms with E-state index < -0.39 is 8.60 Å². The van der Waals surface area contributed by atoms with Crippen molar-refractivity contribution in [3.05, 3.63) is 12.7 Å². The third-order valence-corrected chi connectivity index (χ3v) is 0.916. The molecular formula is C3H7NO3P. The van der Waals surface area contributed by atoms with Gasteiger partial charge < -0.3 is 4.52 Å². The molecule has 0 bridgehead atoms. The number of hydrogen-bond donors (Lipinski definition) is 1. The van der Waals surface area contributed by atoms with Crippen molar-refractivity contribution in [3.8, 4) is 0 Å². The Balaban J connectivity index is 2.97. The molecule has 47 valence electrons. The second-order valence-corrected chi connectivity index (χ2v) is 1.83. The number of hydrogen-bond acceptors (Lipinski definition) is 3. The van der Waals surface area contributed by atoms with Gasteiger partial charge >= 0.3 is 8.60 Å². The lowest BCUT2D eigenvalue weighted by atomic mass is 10.7. The Morgan fingerprint density at radius 1 is 1.88 bits per heavy atom. The van der Waals surface area contributed by atoms with Gasteiger partial charge in [0.25, 0.3) is 0 Å². The fourth-order valence-electron chi connectivity index (χ4n) is 0.144. The largest absolute Gasteiger partial charge is 0.381 e. The molecule has 0 aromatic rings. The van der Waals surface area contributed by atoms with Crippen LogP contribution in [0.15, 0.2) is 12.7 Å². The average molecular weight is 136 g/mol. The maximum atomic E-state index is 10.1. The van der Waals surface area contributed by atoms with E-state index in [0.29, 0.717) is 0 Å². The van der Waals surface area contributed by atoms with E-state index in [4.69, 9.17) is 0 Å². The van der Waals surface area contributed by atoms with Gasteiger partial charge in [0, 0.05) is 0 Å². The van der Waals surface area contributed by atoms with Crippen molar-refractivity contribution in [1.29, 1.82) is 0 Å². The fraction of sp³-hybridized carbons (Fsp3) is 0.333. The summed E-state index contributed by atoms with van der Waals surface area (Å²) < 4.78 is 8.18. The van der Waals surface area contributed by atoms with Gasteiger partial charge in [0.2, 0.25) is 0 Å². The van der Waals surface area contributed by atoms with Crippen LogP contribution in [0.1, 0.15) is 0 Å². The lowest BCUT2D eigenvalue weighted by molar-refractivity contribution is 0.195. The van der Waals surface area contributed by atoms with E-state index in [1.54, 1.807) is 0 Å². The molecule has 5 heteroatoms. The fourth-order valence-corrected chi connectivity index (χ4v) is 0.432. The molecule has 0 rings (SSSR count). The van der Waals surface area contributed by atoms with E-state index in [2.05, 4.69) is 21.6 Å². The van der Waals surface area contributed by atoms with Crippen LogP contribution in [0.2, 0.25) is 0 Å². The third-order valence-electron chi connectivity index (χ3n) is 0.384. The lowest BCUT2D eigenvalue weighted by Crippen LogP contribution is -1.94. The molecule has 0 saturated heterocycles. The first kappa shape index (κ1) is 8.01. The van der Waals surface area contributed by atoms with Gasteiger partial charge in [-0.1, -0.05) is 6.08 Å². The van der Waals surface area contributed by atoms with Crippen LogP contribution in [-0.4, -0.2) is 6.61 Å². The minimum atomic E-state index is -2.13. The van der Waals surface area contributed by atoms with Crippen molar-refractivity contribution in [2.75, 3.05) is 6.61 Å². The van der Waals surface area contributed by atoms with Gasteiger partial charge in [0.05, 0.1) is 6.61 Å². The highest BCUT2D eigenvalue weighted by molar-refractivity contribution is 7.40. The van der Waals surface area contributed by atoms with Gasteiger partial charge in [-0.3, -0.25) is 0 Å². The summed E-state index contributed by atoms with van der Waals surface area (Å²) in [5.74, 6) is 4.47. The first-order chi connectivity index (χ1) is 3.81. The highest BCUT2D eigenvalue weighted by Crippen LogP contribution is 2.30. The molecule has 0 aliphatic carbocycles. The van der Waals surface area contributed by atoms with E-state index in [9.17, 15) is 4.89 Å². The van der Waals surface area contributed by atoms with Crippen LogP contribution >= 0.6 is 8.60 Å². The van der Waals surface area contributed by atoms with Crippen molar-refractivity contribution in [3.63, 3.8) is 0 Å². The molecule has 0 heterocycles. The summed E-state index contributed by atoms with van der Waals surface area (Å²) in [5, 5.41) is 0. The summed E-state index contributed by atoms with van der Waals surface area (Å²) in [6, 6.07) is 0. The van der Waals surface area contributed by atoms with Crippen LogP contribution in [0, 0.1) is 0 Å². The summed E-state index contributed by atoms with van der Waals surface area (Å²) >= 11 is 0.